The normalized spacial score (nSPS) is 12.6. The molecule has 3 heteroatoms. The van der Waals surface area contributed by atoms with Crippen molar-refractivity contribution in [2.75, 3.05) is 0 Å². The number of rotatable bonds is 2. The first kappa shape index (κ1) is 14.4. The van der Waals surface area contributed by atoms with Gasteiger partial charge in [0, 0.05) is 15.4 Å². The van der Waals surface area contributed by atoms with Crippen molar-refractivity contribution < 1.29 is 0 Å². The van der Waals surface area contributed by atoms with Gasteiger partial charge < -0.3 is 5.73 Å². The highest BCUT2D eigenvalue weighted by molar-refractivity contribution is 6.35. The fraction of sp³-hybridized carbons (Fsp3) is 0.111. The predicted octanol–water partition coefficient (Wildman–Crippen LogP) is 5.50. The summed E-state index contributed by atoms with van der Waals surface area (Å²) >= 11 is 12.4. The quantitative estimate of drug-likeness (QED) is 0.663. The van der Waals surface area contributed by atoms with Crippen molar-refractivity contribution in [1.82, 2.24) is 0 Å². The Balaban J connectivity index is 2.15. The van der Waals surface area contributed by atoms with Crippen LogP contribution in [-0.2, 0) is 0 Å². The van der Waals surface area contributed by atoms with Crippen LogP contribution in [-0.4, -0.2) is 0 Å². The lowest BCUT2D eigenvalue weighted by molar-refractivity contribution is 0.879. The Morgan fingerprint density at radius 3 is 2.24 bits per heavy atom. The summed E-state index contributed by atoms with van der Waals surface area (Å²) in [6.45, 7) is 1.98. The van der Waals surface area contributed by atoms with Gasteiger partial charge in [-0.05, 0) is 41.1 Å². The van der Waals surface area contributed by atoms with E-state index in [0.717, 1.165) is 37.5 Å². The van der Waals surface area contributed by atoms with Crippen LogP contribution in [0.5, 0.6) is 0 Å². The Hall–Kier alpha value is -1.54. The van der Waals surface area contributed by atoms with Crippen LogP contribution in [0.3, 0.4) is 0 Å². The molecule has 0 heterocycles. The molecule has 0 aromatic heterocycles. The highest BCUT2D eigenvalue weighted by Crippen LogP contribution is 2.32. The predicted molar refractivity (Wildman–Crippen MR) is 91.2 cm³/mol. The molecule has 0 saturated carbocycles. The zero-order chi connectivity index (χ0) is 15.0. The summed E-state index contributed by atoms with van der Waals surface area (Å²) < 4.78 is 0. The van der Waals surface area contributed by atoms with Gasteiger partial charge in [0.1, 0.15) is 0 Å². The average molecular weight is 316 g/mol. The van der Waals surface area contributed by atoms with E-state index in [9.17, 15) is 0 Å². The Morgan fingerprint density at radius 1 is 0.857 bits per heavy atom. The summed E-state index contributed by atoms with van der Waals surface area (Å²) in [6.07, 6.45) is 0. The van der Waals surface area contributed by atoms with Crippen LogP contribution in [0.15, 0.2) is 54.6 Å². The van der Waals surface area contributed by atoms with Gasteiger partial charge in [-0.1, -0.05) is 65.7 Å². The van der Waals surface area contributed by atoms with Crippen molar-refractivity contribution >= 4 is 34.0 Å². The van der Waals surface area contributed by atoms with E-state index < -0.39 is 0 Å². The molecule has 0 fully saturated rings. The van der Waals surface area contributed by atoms with Crippen molar-refractivity contribution in [3.63, 3.8) is 0 Å². The number of hydrogen-bond acceptors (Lipinski definition) is 1. The van der Waals surface area contributed by atoms with Gasteiger partial charge >= 0.3 is 0 Å². The van der Waals surface area contributed by atoms with Gasteiger partial charge in [0.2, 0.25) is 0 Å². The van der Waals surface area contributed by atoms with Gasteiger partial charge in [0.25, 0.3) is 0 Å². The second-order valence-corrected chi connectivity index (χ2v) is 5.98. The van der Waals surface area contributed by atoms with Gasteiger partial charge in [0.15, 0.2) is 0 Å². The van der Waals surface area contributed by atoms with Gasteiger partial charge in [-0.2, -0.15) is 0 Å². The summed E-state index contributed by atoms with van der Waals surface area (Å²) in [7, 11) is 0. The molecule has 0 radical (unpaired) electrons. The molecule has 0 aliphatic rings. The van der Waals surface area contributed by atoms with E-state index >= 15 is 0 Å². The van der Waals surface area contributed by atoms with Gasteiger partial charge in [0.05, 0.1) is 6.04 Å². The first-order valence-electron chi connectivity index (χ1n) is 6.76. The lowest BCUT2D eigenvalue weighted by Crippen LogP contribution is -2.12. The number of nitrogens with two attached hydrogens (primary N) is 1. The summed E-state index contributed by atoms with van der Waals surface area (Å²) in [6, 6.07) is 17.7. The van der Waals surface area contributed by atoms with Crippen molar-refractivity contribution in [1.29, 1.82) is 0 Å². The lowest BCUT2D eigenvalue weighted by Gasteiger charge is -2.17. The number of hydrogen-bond donors (Lipinski definition) is 1. The minimum atomic E-state index is -0.205. The molecular weight excluding hydrogens is 301 g/mol. The fourth-order valence-corrected chi connectivity index (χ4v) is 2.94. The summed E-state index contributed by atoms with van der Waals surface area (Å²) in [5.74, 6) is 0. The van der Waals surface area contributed by atoms with Gasteiger partial charge in [-0.3, -0.25) is 0 Å². The van der Waals surface area contributed by atoms with E-state index in [4.69, 9.17) is 28.9 Å². The van der Waals surface area contributed by atoms with E-state index in [-0.39, 0.29) is 6.04 Å². The van der Waals surface area contributed by atoms with Crippen molar-refractivity contribution in [2.24, 2.45) is 5.73 Å². The van der Waals surface area contributed by atoms with Crippen molar-refractivity contribution in [3.8, 4) is 0 Å². The highest BCUT2D eigenvalue weighted by atomic mass is 35.5. The maximum atomic E-state index is 6.47. The minimum absolute atomic E-state index is 0.205. The van der Waals surface area contributed by atoms with Crippen LogP contribution in [0.25, 0.3) is 10.8 Å². The van der Waals surface area contributed by atoms with Crippen LogP contribution in [0, 0.1) is 6.92 Å². The largest absolute Gasteiger partial charge is 0.320 e. The van der Waals surface area contributed by atoms with E-state index in [0.29, 0.717) is 0 Å². The molecule has 3 rings (SSSR count). The molecule has 0 bridgehead atoms. The molecule has 0 aliphatic carbocycles. The number of halogens is 2. The van der Waals surface area contributed by atoms with E-state index in [1.54, 1.807) is 0 Å². The van der Waals surface area contributed by atoms with E-state index in [2.05, 4.69) is 6.07 Å². The maximum Gasteiger partial charge on any atom is 0.0557 e. The molecule has 1 atom stereocenters. The lowest BCUT2D eigenvalue weighted by atomic mass is 9.93. The number of fused-ring (bicyclic) bond motifs is 1. The second kappa shape index (κ2) is 5.69. The van der Waals surface area contributed by atoms with Crippen molar-refractivity contribution in [3.05, 3.63) is 81.3 Å². The molecular formula is C18H15Cl2N. The molecule has 0 saturated heterocycles. The highest BCUT2D eigenvalue weighted by Gasteiger charge is 2.14. The van der Waals surface area contributed by atoms with Crippen LogP contribution >= 0.6 is 23.2 Å². The third-order valence-corrected chi connectivity index (χ3v) is 4.53. The van der Waals surface area contributed by atoms with Crippen LogP contribution in [0.4, 0.5) is 0 Å². The van der Waals surface area contributed by atoms with Crippen molar-refractivity contribution in [2.45, 2.75) is 13.0 Å². The smallest absolute Gasteiger partial charge is 0.0557 e. The monoisotopic (exact) mass is 315 g/mol. The maximum absolute atomic E-state index is 6.47. The Kier molecular flexibility index (Phi) is 3.90. The summed E-state index contributed by atoms with van der Waals surface area (Å²) in [5.41, 5.74) is 9.61. The minimum Gasteiger partial charge on any atom is -0.320 e. The standard InChI is InChI=1S/C18H15Cl2N/c1-11-10-12(6-8-16(11)19)18(21)15-7-9-17(20)14-5-3-2-4-13(14)15/h2-10,18H,21H2,1H3. The fourth-order valence-electron chi connectivity index (χ4n) is 2.60. The molecule has 3 aromatic rings. The van der Waals surface area contributed by atoms with Crippen LogP contribution < -0.4 is 5.73 Å². The number of aryl methyl sites for hydroxylation is 1. The van der Waals surface area contributed by atoms with Gasteiger partial charge in [-0.15, -0.1) is 0 Å². The molecule has 1 unspecified atom stereocenters. The summed E-state index contributed by atoms with van der Waals surface area (Å²) in [5, 5.41) is 3.61. The summed E-state index contributed by atoms with van der Waals surface area (Å²) in [4.78, 5) is 0. The average Bonchev–Trinajstić information content (AvgIpc) is 2.50. The topological polar surface area (TPSA) is 26.0 Å². The molecule has 106 valence electrons. The third-order valence-electron chi connectivity index (χ3n) is 3.78. The Morgan fingerprint density at radius 2 is 1.52 bits per heavy atom. The van der Waals surface area contributed by atoms with Gasteiger partial charge in [-0.25, -0.2) is 0 Å². The zero-order valence-electron chi connectivity index (χ0n) is 11.6. The molecule has 0 spiro atoms. The first-order chi connectivity index (χ1) is 10.1. The third kappa shape index (κ3) is 2.65. The zero-order valence-corrected chi connectivity index (χ0v) is 13.1. The first-order valence-corrected chi connectivity index (χ1v) is 7.52. The molecule has 3 aromatic carbocycles. The number of benzene rings is 3. The second-order valence-electron chi connectivity index (χ2n) is 5.17. The van der Waals surface area contributed by atoms with E-state index in [1.807, 2.05) is 55.5 Å². The Labute approximate surface area is 134 Å². The molecule has 1 nitrogen and oxygen atoms in total. The molecule has 21 heavy (non-hydrogen) atoms. The van der Waals surface area contributed by atoms with Crippen LogP contribution in [0.1, 0.15) is 22.7 Å². The molecule has 0 aliphatic heterocycles. The van der Waals surface area contributed by atoms with Crippen LogP contribution in [0.2, 0.25) is 10.0 Å². The Bertz CT molecular complexity index is 811. The molecule has 0 amide bonds. The van der Waals surface area contributed by atoms with E-state index in [1.165, 1.54) is 0 Å². The molecule has 2 N–H and O–H groups in total. The SMILES string of the molecule is Cc1cc(C(N)c2ccc(Cl)c3ccccc23)ccc1Cl.